The van der Waals surface area contributed by atoms with Crippen molar-refractivity contribution in [2.75, 3.05) is 39.5 Å². The van der Waals surface area contributed by atoms with Crippen LogP contribution in [-0.2, 0) is 14.8 Å². The number of methoxy groups -OCH3 is 1. The lowest BCUT2D eigenvalue weighted by Crippen LogP contribution is -2.50. The van der Waals surface area contributed by atoms with Crippen molar-refractivity contribution in [2.24, 2.45) is 0 Å². The zero-order valence-electron chi connectivity index (χ0n) is 20.7. The number of benzene rings is 3. The Morgan fingerprint density at radius 2 is 1.36 bits per heavy atom. The van der Waals surface area contributed by atoms with E-state index in [2.05, 4.69) is 58.2 Å². The van der Waals surface area contributed by atoms with Gasteiger partial charge in [0.05, 0.1) is 25.4 Å². The number of carbonyl (C=O) groups excluding carboxylic acids is 1. The van der Waals surface area contributed by atoms with Crippen molar-refractivity contribution in [1.82, 2.24) is 14.5 Å². The lowest BCUT2D eigenvalue weighted by molar-refractivity contribution is -0.133. The van der Waals surface area contributed by atoms with Gasteiger partial charge in [0.15, 0.2) is 0 Å². The van der Waals surface area contributed by atoms with Gasteiger partial charge in [0.25, 0.3) is 0 Å². The molecule has 0 saturated carbocycles. The molecule has 190 valence electrons. The van der Waals surface area contributed by atoms with Crippen LogP contribution in [0.2, 0.25) is 0 Å². The molecule has 36 heavy (non-hydrogen) atoms. The first-order chi connectivity index (χ1) is 17.3. The molecule has 1 aliphatic rings. The SMILES string of the molecule is COc1ccc([C@H](CC(=O)N2CCN(C(c3ccccc3)c3ccccc3)CC2)NS(C)(=O)=O)cc1. The highest BCUT2D eigenvalue weighted by atomic mass is 32.2. The standard InChI is InChI=1S/C28H33N3O4S/c1-35-25-15-13-22(14-16-25)26(29-36(2,33)34)21-27(32)30-17-19-31(20-18-30)28(23-9-5-3-6-10-23)24-11-7-4-8-12-24/h3-16,26,28-29H,17-21H2,1-2H3/t26-/m0/s1. The molecular formula is C28H33N3O4S. The molecule has 4 rings (SSSR count). The van der Waals surface area contributed by atoms with Gasteiger partial charge in [-0.3, -0.25) is 9.69 Å². The molecule has 0 bridgehead atoms. The topological polar surface area (TPSA) is 79.0 Å². The van der Waals surface area contributed by atoms with Gasteiger partial charge in [-0.15, -0.1) is 0 Å². The van der Waals surface area contributed by atoms with Crippen LogP contribution in [0.15, 0.2) is 84.9 Å². The van der Waals surface area contributed by atoms with Gasteiger partial charge in [-0.1, -0.05) is 72.8 Å². The second kappa shape index (κ2) is 11.7. The van der Waals surface area contributed by atoms with Gasteiger partial charge in [0.1, 0.15) is 5.75 Å². The van der Waals surface area contributed by atoms with Crippen LogP contribution in [-0.4, -0.2) is 63.7 Å². The molecule has 0 aromatic heterocycles. The molecule has 1 aliphatic heterocycles. The Kier molecular flexibility index (Phi) is 8.40. The fourth-order valence-electron chi connectivity index (χ4n) is 4.74. The minimum absolute atomic E-state index is 0.0558. The van der Waals surface area contributed by atoms with Crippen molar-refractivity contribution in [3.05, 3.63) is 102 Å². The van der Waals surface area contributed by atoms with E-state index < -0.39 is 16.1 Å². The van der Waals surface area contributed by atoms with Crippen LogP contribution in [0.4, 0.5) is 0 Å². The fraction of sp³-hybridized carbons (Fsp3) is 0.321. The fourth-order valence-corrected chi connectivity index (χ4v) is 5.48. The maximum absolute atomic E-state index is 13.3. The van der Waals surface area contributed by atoms with Gasteiger partial charge >= 0.3 is 0 Å². The molecule has 0 radical (unpaired) electrons. The summed E-state index contributed by atoms with van der Waals surface area (Å²) < 4.78 is 31.9. The minimum Gasteiger partial charge on any atom is -0.497 e. The third kappa shape index (κ3) is 6.72. The van der Waals surface area contributed by atoms with Crippen LogP contribution in [0.25, 0.3) is 0 Å². The molecule has 1 fully saturated rings. The maximum atomic E-state index is 13.3. The normalized spacial score (nSPS) is 15.6. The second-order valence-corrected chi connectivity index (χ2v) is 10.8. The second-order valence-electron chi connectivity index (χ2n) is 9.06. The molecule has 1 amide bonds. The highest BCUT2D eigenvalue weighted by molar-refractivity contribution is 7.88. The third-order valence-corrected chi connectivity index (χ3v) is 7.23. The number of carbonyl (C=O) groups is 1. The molecule has 1 N–H and O–H groups in total. The quantitative estimate of drug-likeness (QED) is 0.479. The first kappa shape index (κ1) is 25.9. The summed E-state index contributed by atoms with van der Waals surface area (Å²) in [5.74, 6) is 0.605. The van der Waals surface area contributed by atoms with E-state index in [-0.39, 0.29) is 18.4 Å². The number of ether oxygens (including phenoxy) is 1. The molecular weight excluding hydrogens is 474 g/mol. The summed E-state index contributed by atoms with van der Waals surface area (Å²) >= 11 is 0. The summed E-state index contributed by atoms with van der Waals surface area (Å²) in [6, 6.07) is 27.4. The van der Waals surface area contributed by atoms with E-state index in [1.54, 1.807) is 31.4 Å². The molecule has 0 unspecified atom stereocenters. The summed E-state index contributed by atoms with van der Waals surface area (Å²) in [5, 5.41) is 0. The van der Waals surface area contributed by atoms with E-state index in [1.165, 1.54) is 11.1 Å². The van der Waals surface area contributed by atoms with Crippen molar-refractivity contribution in [2.45, 2.75) is 18.5 Å². The molecule has 8 heteroatoms. The smallest absolute Gasteiger partial charge is 0.224 e. The molecule has 1 heterocycles. The van der Waals surface area contributed by atoms with Crippen molar-refractivity contribution < 1.29 is 17.9 Å². The minimum atomic E-state index is -3.51. The number of hydrogen-bond donors (Lipinski definition) is 1. The Balaban J connectivity index is 1.45. The van der Waals surface area contributed by atoms with Crippen molar-refractivity contribution in [3.8, 4) is 5.75 Å². The highest BCUT2D eigenvalue weighted by Gasteiger charge is 2.30. The number of nitrogens with one attached hydrogen (secondary N) is 1. The first-order valence-electron chi connectivity index (χ1n) is 12.1. The van der Waals surface area contributed by atoms with Gasteiger partial charge in [-0.25, -0.2) is 13.1 Å². The van der Waals surface area contributed by atoms with Crippen LogP contribution < -0.4 is 9.46 Å². The Hall–Kier alpha value is -3.20. The number of sulfonamides is 1. The van der Waals surface area contributed by atoms with E-state index >= 15 is 0 Å². The maximum Gasteiger partial charge on any atom is 0.224 e. The van der Waals surface area contributed by atoms with Gasteiger partial charge in [0, 0.05) is 32.6 Å². The summed E-state index contributed by atoms with van der Waals surface area (Å²) in [7, 11) is -1.93. The van der Waals surface area contributed by atoms with Gasteiger partial charge < -0.3 is 9.64 Å². The van der Waals surface area contributed by atoms with Crippen LogP contribution >= 0.6 is 0 Å². The summed E-state index contributed by atoms with van der Waals surface area (Å²) in [6.45, 7) is 2.63. The first-order valence-corrected chi connectivity index (χ1v) is 14.0. The zero-order chi connectivity index (χ0) is 25.5. The van der Waals surface area contributed by atoms with Gasteiger partial charge in [0.2, 0.25) is 15.9 Å². The van der Waals surface area contributed by atoms with E-state index in [9.17, 15) is 13.2 Å². The Bertz CT molecular complexity index is 1190. The monoisotopic (exact) mass is 507 g/mol. The predicted molar refractivity (Wildman–Crippen MR) is 141 cm³/mol. The van der Waals surface area contributed by atoms with Gasteiger partial charge in [-0.2, -0.15) is 0 Å². The summed E-state index contributed by atoms with van der Waals surface area (Å²) in [6.07, 6.45) is 1.17. The number of nitrogens with zero attached hydrogens (tertiary/aromatic N) is 2. The average molecular weight is 508 g/mol. The van der Waals surface area contributed by atoms with Crippen LogP contribution in [0.5, 0.6) is 5.75 Å². The highest BCUT2D eigenvalue weighted by Crippen LogP contribution is 2.30. The molecule has 1 saturated heterocycles. The summed E-state index contributed by atoms with van der Waals surface area (Å²) in [4.78, 5) is 17.5. The average Bonchev–Trinajstić information content (AvgIpc) is 2.89. The van der Waals surface area contributed by atoms with Crippen molar-refractivity contribution in [1.29, 1.82) is 0 Å². The molecule has 3 aromatic rings. The Morgan fingerprint density at radius 3 is 1.83 bits per heavy atom. The molecule has 3 aromatic carbocycles. The number of hydrogen-bond acceptors (Lipinski definition) is 5. The molecule has 0 aliphatic carbocycles. The Morgan fingerprint density at radius 1 is 0.833 bits per heavy atom. The van der Waals surface area contributed by atoms with E-state index in [0.717, 1.165) is 24.9 Å². The van der Waals surface area contributed by atoms with E-state index in [0.29, 0.717) is 18.8 Å². The van der Waals surface area contributed by atoms with E-state index in [1.807, 2.05) is 17.0 Å². The van der Waals surface area contributed by atoms with Crippen molar-refractivity contribution >= 4 is 15.9 Å². The zero-order valence-corrected chi connectivity index (χ0v) is 21.5. The molecule has 0 spiro atoms. The predicted octanol–water partition coefficient (Wildman–Crippen LogP) is 3.61. The summed E-state index contributed by atoms with van der Waals surface area (Å²) in [5.41, 5.74) is 3.17. The van der Waals surface area contributed by atoms with E-state index in [4.69, 9.17) is 4.74 Å². The molecule has 1 atom stereocenters. The Labute approximate surface area is 213 Å². The van der Waals surface area contributed by atoms with Crippen molar-refractivity contribution in [3.63, 3.8) is 0 Å². The lowest BCUT2D eigenvalue weighted by atomic mass is 9.96. The van der Waals surface area contributed by atoms with Crippen LogP contribution in [0.3, 0.4) is 0 Å². The number of piperazine rings is 1. The van der Waals surface area contributed by atoms with Crippen LogP contribution in [0, 0.1) is 0 Å². The van der Waals surface area contributed by atoms with Gasteiger partial charge in [-0.05, 0) is 28.8 Å². The lowest BCUT2D eigenvalue weighted by Gasteiger charge is -2.40. The molecule has 7 nitrogen and oxygen atoms in total. The third-order valence-electron chi connectivity index (χ3n) is 6.52. The largest absolute Gasteiger partial charge is 0.497 e. The van der Waals surface area contributed by atoms with Crippen LogP contribution in [0.1, 0.15) is 35.2 Å². The number of amides is 1. The number of rotatable bonds is 9.